The van der Waals surface area contributed by atoms with Crippen LogP contribution in [0.25, 0.3) is 0 Å². The van der Waals surface area contributed by atoms with Crippen LogP contribution in [0.5, 0.6) is 0 Å². The number of piperidine rings is 1. The Balaban J connectivity index is 1.05. The van der Waals surface area contributed by atoms with Crippen LogP contribution < -0.4 is 5.32 Å². The van der Waals surface area contributed by atoms with Gasteiger partial charge in [0.2, 0.25) is 11.8 Å². The summed E-state index contributed by atoms with van der Waals surface area (Å²) in [6.45, 7) is 2.16. The van der Waals surface area contributed by atoms with Crippen molar-refractivity contribution >= 4 is 21.7 Å². The number of nitrogens with zero attached hydrogens (tertiary/aromatic N) is 2. The first-order chi connectivity index (χ1) is 18.8. The topological polar surface area (TPSA) is 86.8 Å². The molecule has 7 nitrogen and oxygen atoms in total. The average Bonchev–Trinajstić information content (AvgIpc) is 3.74. The van der Waals surface area contributed by atoms with Crippen LogP contribution in [0, 0.1) is 17.8 Å². The smallest absolute Gasteiger partial charge is 0.226 e. The number of nitrogens with one attached hydrogen (secondary N) is 1. The molecule has 2 amide bonds. The van der Waals surface area contributed by atoms with Gasteiger partial charge in [0.1, 0.15) is 0 Å². The first-order valence-corrected chi connectivity index (χ1v) is 18.0. The molecule has 4 saturated carbocycles. The molecular formula is C31H53N3O4S. The lowest BCUT2D eigenvalue weighted by atomic mass is 9.82. The number of hydrogen-bond acceptors (Lipinski definition) is 5. The molecule has 1 N–H and O–H groups in total. The molecule has 0 atom stereocenters. The minimum Gasteiger partial charge on any atom is -0.353 e. The van der Waals surface area contributed by atoms with Gasteiger partial charge in [-0.3, -0.25) is 9.59 Å². The molecule has 0 aromatic heterocycles. The molecule has 0 bridgehead atoms. The third kappa shape index (κ3) is 7.99. The maximum Gasteiger partial charge on any atom is 0.226 e. The monoisotopic (exact) mass is 563 g/mol. The van der Waals surface area contributed by atoms with Crippen molar-refractivity contribution < 1.29 is 18.0 Å². The normalized spacial score (nSPS) is 32.0. The predicted octanol–water partition coefficient (Wildman–Crippen LogP) is 4.69. The Labute approximate surface area is 237 Å². The van der Waals surface area contributed by atoms with Crippen molar-refractivity contribution in [1.29, 1.82) is 0 Å². The average molecular weight is 564 g/mol. The number of sulfone groups is 1. The summed E-state index contributed by atoms with van der Waals surface area (Å²) in [7, 11) is -0.780. The second-order valence-electron chi connectivity index (χ2n) is 13.8. The van der Waals surface area contributed by atoms with E-state index in [1.807, 2.05) is 0 Å². The maximum atomic E-state index is 13.9. The lowest BCUT2D eigenvalue weighted by Gasteiger charge is -2.45. The van der Waals surface area contributed by atoms with Crippen LogP contribution in [0.4, 0.5) is 0 Å². The molecule has 1 aliphatic heterocycles. The molecule has 8 heteroatoms. The number of carbonyl (C=O) groups excluding carboxylic acids is 2. The van der Waals surface area contributed by atoms with E-state index < -0.39 is 9.84 Å². The van der Waals surface area contributed by atoms with Crippen molar-refractivity contribution in [2.45, 2.75) is 139 Å². The highest BCUT2D eigenvalue weighted by atomic mass is 32.2. The molecule has 5 fully saturated rings. The van der Waals surface area contributed by atoms with Crippen LogP contribution in [0.3, 0.4) is 0 Å². The quantitative estimate of drug-likeness (QED) is 0.440. The summed E-state index contributed by atoms with van der Waals surface area (Å²) in [5.74, 6) is 1.71. The van der Waals surface area contributed by atoms with E-state index in [4.69, 9.17) is 0 Å². The van der Waals surface area contributed by atoms with Crippen molar-refractivity contribution in [3.8, 4) is 0 Å². The van der Waals surface area contributed by atoms with E-state index in [0.29, 0.717) is 42.0 Å². The van der Waals surface area contributed by atoms with Gasteiger partial charge >= 0.3 is 0 Å². The fourth-order valence-electron chi connectivity index (χ4n) is 7.98. The van der Waals surface area contributed by atoms with Crippen LogP contribution in [-0.2, 0) is 19.4 Å². The molecule has 0 unspecified atom stereocenters. The van der Waals surface area contributed by atoms with E-state index >= 15 is 0 Å². The highest BCUT2D eigenvalue weighted by Crippen LogP contribution is 2.37. The van der Waals surface area contributed by atoms with Gasteiger partial charge in [-0.25, -0.2) is 8.42 Å². The zero-order chi connectivity index (χ0) is 27.4. The molecule has 0 spiro atoms. The van der Waals surface area contributed by atoms with Gasteiger partial charge in [0, 0.05) is 30.5 Å². The van der Waals surface area contributed by atoms with Gasteiger partial charge < -0.3 is 15.1 Å². The molecule has 5 aliphatic rings. The summed E-state index contributed by atoms with van der Waals surface area (Å²) >= 11 is 0. The summed E-state index contributed by atoms with van der Waals surface area (Å²) in [5.41, 5.74) is 0. The van der Waals surface area contributed by atoms with Crippen LogP contribution in [0.1, 0.15) is 116 Å². The maximum absolute atomic E-state index is 13.9. The van der Waals surface area contributed by atoms with Crippen LogP contribution in [-0.4, -0.2) is 79.3 Å². The number of rotatable bonds is 9. The van der Waals surface area contributed by atoms with Crippen molar-refractivity contribution in [2.75, 3.05) is 25.9 Å². The molecule has 0 aromatic carbocycles. The largest absolute Gasteiger partial charge is 0.353 e. The molecule has 0 aromatic rings. The third-order valence-corrected chi connectivity index (χ3v) is 13.1. The molecular weight excluding hydrogens is 510 g/mol. The minimum atomic E-state index is -2.96. The fourth-order valence-corrected chi connectivity index (χ4v) is 10.2. The highest BCUT2D eigenvalue weighted by Gasteiger charge is 2.39. The Morgan fingerprint density at radius 3 is 1.95 bits per heavy atom. The van der Waals surface area contributed by atoms with Crippen molar-refractivity contribution in [3.63, 3.8) is 0 Å². The van der Waals surface area contributed by atoms with Crippen LogP contribution >= 0.6 is 0 Å². The zero-order valence-corrected chi connectivity index (χ0v) is 25.1. The third-order valence-electron chi connectivity index (χ3n) is 10.7. The van der Waals surface area contributed by atoms with E-state index in [0.717, 1.165) is 103 Å². The van der Waals surface area contributed by atoms with Gasteiger partial charge in [-0.1, -0.05) is 19.3 Å². The SMILES string of the molecule is CN1CCC(N(C(=O)C2CCC(NC(=O)CC3CCC(S(=O)(=O)CC4CC4)CC3)CC2)C2CCCCC2)CC1. The Kier molecular flexibility index (Phi) is 9.95. The Morgan fingerprint density at radius 1 is 0.744 bits per heavy atom. The molecule has 4 aliphatic carbocycles. The Bertz CT molecular complexity index is 921. The van der Waals surface area contributed by atoms with E-state index in [-0.39, 0.29) is 23.1 Å². The summed E-state index contributed by atoms with van der Waals surface area (Å²) in [6.07, 6.45) is 17.6. The lowest BCUT2D eigenvalue weighted by molar-refractivity contribution is -0.144. The fraction of sp³-hybridized carbons (Fsp3) is 0.935. The molecule has 1 saturated heterocycles. The van der Waals surface area contributed by atoms with Gasteiger partial charge in [0.05, 0.1) is 11.0 Å². The summed E-state index contributed by atoms with van der Waals surface area (Å²) < 4.78 is 25.3. The summed E-state index contributed by atoms with van der Waals surface area (Å²) in [5, 5.41) is 3.09. The Hall–Kier alpha value is -1.15. The molecule has 1 heterocycles. The second-order valence-corrected chi connectivity index (χ2v) is 16.1. The van der Waals surface area contributed by atoms with Crippen molar-refractivity contribution in [3.05, 3.63) is 0 Å². The van der Waals surface area contributed by atoms with Gasteiger partial charge in [-0.2, -0.15) is 0 Å². The van der Waals surface area contributed by atoms with Gasteiger partial charge in [-0.05, 0) is 122 Å². The van der Waals surface area contributed by atoms with Crippen molar-refractivity contribution in [2.24, 2.45) is 17.8 Å². The minimum absolute atomic E-state index is 0.104. The van der Waals surface area contributed by atoms with Gasteiger partial charge in [-0.15, -0.1) is 0 Å². The lowest BCUT2D eigenvalue weighted by Crippen LogP contribution is -2.54. The molecule has 222 valence electrons. The van der Waals surface area contributed by atoms with Gasteiger partial charge in [0.25, 0.3) is 0 Å². The Morgan fingerprint density at radius 2 is 1.33 bits per heavy atom. The zero-order valence-electron chi connectivity index (χ0n) is 24.3. The second kappa shape index (κ2) is 13.2. The molecule has 0 radical (unpaired) electrons. The van der Waals surface area contributed by atoms with E-state index in [9.17, 15) is 18.0 Å². The van der Waals surface area contributed by atoms with E-state index in [1.165, 1.54) is 19.3 Å². The number of amides is 2. The first-order valence-electron chi connectivity index (χ1n) is 16.3. The number of hydrogen-bond donors (Lipinski definition) is 1. The standard InChI is InChI=1S/C31H53N3O4S/c1-33-19-17-28(18-20-33)34(27-5-3-2-4-6-27)31(36)25-11-13-26(14-12-25)32-30(35)21-23-9-15-29(16-10-23)39(37,38)22-24-7-8-24/h23-29H,2-22H2,1H3,(H,32,35). The van der Waals surface area contributed by atoms with Crippen LogP contribution in [0.2, 0.25) is 0 Å². The van der Waals surface area contributed by atoms with Gasteiger partial charge in [0.15, 0.2) is 9.84 Å². The van der Waals surface area contributed by atoms with Crippen LogP contribution in [0.15, 0.2) is 0 Å². The summed E-state index contributed by atoms with van der Waals surface area (Å²) in [4.78, 5) is 31.5. The first kappa shape index (κ1) is 29.3. The summed E-state index contributed by atoms with van der Waals surface area (Å²) in [6, 6.07) is 0.993. The molecule has 39 heavy (non-hydrogen) atoms. The van der Waals surface area contributed by atoms with E-state index in [2.05, 4.69) is 22.2 Å². The number of likely N-dealkylation sites (tertiary alicyclic amines) is 1. The highest BCUT2D eigenvalue weighted by molar-refractivity contribution is 7.92. The number of carbonyl (C=O) groups is 2. The van der Waals surface area contributed by atoms with Crippen molar-refractivity contribution in [1.82, 2.24) is 15.1 Å². The molecule has 5 rings (SSSR count). The predicted molar refractivity (Wildman–Crippen MR) is 155 cm³/mol. The van der Waals surface area contributed by atoms with E-state index in [1.54, 1.807) is 0 Å².